The SMILES string of the molecule is [2H]C(CCCCCCC)C(=O)O. The average Bonchev–Trinajstić information content (AvgIpc) is 2.03. The van der Waals surface area contributed by atoms with E-state index in [4.69, 9.17) is 6.48 Å². The van der Waals surface area contributed by atoms with Crippen molar-refractivity contribution in [2.45, 2.75) is 51.8 Å². The minimum absolute atomic E-state index is 0.499. The van der Waals surface area contributed by atoms with E-state index in [1.165, 1.54) is 19.3 Å². The van der Waals surface area contributed by atoms with Gasteiger partial charge in [0.1, 0.15) is 0 Å². The van der Waals surface area contributed by atoms with E-state index >= 15 is 0 Å². The van der Waals surface area contributed by atoms with E-state index in [1.807, 2.05) is 0 Å². The Bertz CT molecular complexity index is 126. The number of aliphatic carboxylic acids is 1. The summed E-state index contributed by atoms with van der Waals surface area (Å²) in [6.07, 6.45) is 5.12. The lowest BCUT2D eigenvalue weighted by Crippen LogP contribution is -1.93. The molecule has 66 valence electrons. The number of carbonyl (C=O) groups is 1. The molecule has 0 radical (unpaired) electrons. The van der Waals surface area contributed by atoms with Crippen LogP contribution in [-0.2, 0) is 4.79 Å². The summed E-state index contributed by atoms with van der Waals surface area (Å²) in [5.74, 6) is -0.995. The molecule has 0 aliphatic carbocycles. The molecule has 0 aliphatic rings. The van der Waals surface area contributed by atoms with Crippen LogP contribution in [0.1, 0.15) is 53.2 Å². The molecule has 0 rings (SSSR count). The summed E-state index contributed by atoms with van der Waals surface area (Å²) in [4.78, 5) is 10.2. The highest BCUT2D eigenvalue weighted by Crippen LogP contribution is 2.06. The predicted molar refractivity (Wildman–Crippen MR) is 45.6 cm³/mol. The van der Waals surface area contributed by atoms with E-state index in [-0.39, 0.29) is 0 Å². The Balaban J connectivity index is 3.14. The van der Waals surface area contributed by atoms with Gasteiger partial charge in [0.05, 0.1) is 0 Å². The van der Waals surface area contributed by atoms with Crippen molar-refractivity contribution < 1.29 is 11.3 Å². The summed E-state index contributed by atoms with van der Waals surface area (Å²) in [6, 6.07) is 0. The van der Waals surface area contributed by atoms with Crippen molar-refractivity contribution >= 4 is 5.97 Å². The van der Waals surface area contributed by atoms with E-state index in [0.717, 1.165) is 12.8 Å². The Labute approximate surface area is 70.0 Å². The molecule has 11 heavy (non-hydrogen) atoms. The van der Waals surface area contributed by atoms with Crippen LogP contribution in [0.5, 0.6) is 0 Å². The first-order valence-corrected chi connectivity index (χ1v) is 4.33. The number of unbranched alkanes of at least 4 members (excludes halogenated alkanes) is 4. The molecule has 0 aromatic rings. The van der Waals surface area contributed by atoms with E-state index in [1.54, 1.807) is 0 Å². The van der Waals surface area contributed by atoms with Gasteiger partial charge in [-0.2, -0.15) is 0 Å². The second kappa shape index (κ2) is 7.58. The molecule has 0 saturated heterocycles. The first-order valence-electron chi connectivity index (χ1n) is 4.91. The Hall–Kier alpha value is -0.530. The summed E-state index contributed by atoms with van der Waals surface area (Å²) in [7, 11) is 0. The lowest BCUT2D eigenvalue weighted by Gasteiger charge is -1.97. The molecule has 2 nitrogen and oxygen atoms in total. The Morgan fingerprint density at radius 3 is 2.36 bits per heavy atom. The van der Waals surface area contributed by atoms with Crippen LogP contribution < -0.4 is 0 Å². The maximum atomic E-state index is 10.2. The fourth-order valence-corrected chi connectivity index (χ4v) is 0.973. The molecule has 0 aliphatic heterocycles. The first-order chi connectivity index (χ1) is 5.68. The van der Waals surface area contributed by atoms with Gasteiger partial charge in [-0.1, -0.05) is 39.0 Å². The molecule has 0 amide bonds. The van der Waals surface area contributed by atoms with Gasteiger partial charge in [0.2, 0.25) is 0 Å². The smallest absolute Gasteiger partial charge is 0.303 e. The fourth-order valence-electron chi connectivity index (χ4n) is 0.973. The standard InChI is InChI=1S/C9H18O2/c1-2-3-4-5-6-7-8-9(10)11/h2-8H2,1H3,(H,10,11)/i8D. The quantitative estimate of drug-likeness (QED) is 0.580. The Morgan fingerprint density at radius 1 is 1.27 bits per heavy atom. The summed E-state index contributed by atoms with van der Waals surface area (Å²) in [6.45, 7) is 2.14. The topological polar surface area (TPSA) is 37.3 Å². The third kappa shape index (κ3) is 9.47. The van der Waals surface area contributed by atoms with Crippen molar-refractivity contribution in [3.05, 3.63) is 0 Å². The third-order valence-electron chi connectivity index (χ3n) is 1.63. The maximum Gasteiger partial charge on any atom is 0.303 e. The van der Waals surface area contributed by atoms with E-state index in [0.29, 0.717) is 6.42 Å². The zero-order valence-electron chi connectivity index (χ0n) is 8.18. The molecule has 1 unspecified atom stereocenters. The molecule has 0 fully saturated rings. The maximum absolute atomic E-state index is 10.2. The van der Waals surface area contributed by atoms with Crippen LogP contribution in [0.4, 0.5) is 0 Å². The summed E-state index contributed by atoms with van der Waals surface area (Å²) in [5.41, 5.74) is 0. The number of carboxylic acids is 1. The van der Waals surface area contributed by atoms with Gasteiger partial charge in [0, 0.05) is 7.77 Å². The van der Waals surface area contributed by atoms with Gasteiger partial charge in [0.15, 0.2) is 0 Å². The summed E-state index contributed by atoms with van der Waals surface area (Å²) >= 11 is 0. The lowest BCUT2D eigenvalue weighted by atomic mass is 10.1. The lowest BCUT2D eigenvalue weighted by molar-refractivity contribution is -0.137. The Kier molecular flexibility index (Phi) is 5.90. The number of carboxylic acid groups (broad SMARTS) is 1. The van der Waals surface area contributed by atoms with Crippen LogP contribution in [0.15, 0.2) is 0 Å². The molecule has 0 bridgehead atoms. The summed E-state index contributed by atoms with van der Waals surface area (Å²) in [5, 5.41) is 8.40. The van der Waals surface area contributed by atoms with E-state index < -0.39 is 12.4 Å². The number of rotatable bonds is 7. The predicted octanol–water partition coefficient (Wildman–Crippen LogP) is 2.82. The van der Waals surface area contributed by atoms with Crippen molar-refractivity contribution in [2.75, 3.05) is 0 Å². The van der Waals surface area contributed by atoms with Gasteiger partial charge in [-0.25, -0.2) is 0 Å². The van der Waals surface area contributed by atoms with Crippen LogP contribution in [0.2, 0.25) is 0 Å². The minimum atomic E-state index is -0.995. The van der Waals surface area contributed by atoms with Gasteiger partial charge in [-0.3, -0.25) is 4.79 Å². The second-order valence-electron chi connectivity index (χ2n) is 2.75. The highest BCUT2D eigenvalue weighted by atomic mass is 16.4. The van der Waals surface area contributed by atoms with Gasteiger partial charge >= 0.3 is 5.97 Å². The van der Waals surface area contributed by atoms with Crippen LogP contribution >= 0.6 is 0 Å². The molecule has 1 atom stereocenters. The fraction of sp³-hybridized carbons (Fsp3) is 0.889. The molecule has 0 aromatic carbocycles. The normalized spacial score (nSPS) is 14.1. The molecule has 1 N–H and O–H groups in total. The van der Waals surface area contributed by atoms with Crippen molar-refractivity contribution in [3.63, 3.8) is 0 Å². The molecular weight excluding hydrogens is 140 g/mol. The van der Waals surface area contributed by atoms with Gasteiger partial charge in [0.25, 0.3) is 0 Å². The highest BCUT2D eigenvalue weighted by Gasteiger charge is 1.95. The molecule has 0 saturated carbocycles. The summed E-state index contributed by atoms with van der Waals surface area (Å²) < 4.78 is 7.11. The van der Waals surface area contributed by atoms with Crippen molar-refractivity contribution in [1.82, 2.24) is 0 Å². The van der Waals surface area contributed by atoms with Crippen molar-refractivity contribution in [3.8, 4) is 0 Å². The monoisotopic (exact) mass is 159 g/mol. The highest BCUT2D eigenvalue weighted by molar-refractivity contribution is 5.66. The van der Waals surface area contributed by atoms with E-state index in [2.05, 4.69) is 6.92 Å². The average molecular weight is 159 g/mol. The molecule has 0 heterocycles. The van der Waals surface area contributed by atoms with Gasteiger partial charge in [-0.05, 0) is 6.42 Å². The molecular formula is C9H18O2. The largest absolute Gasteiger partial charge is 0.481 e. The van der Waals surface area contributed by atoms with Crippen molar-refractivity contribution in [1.29, 1.82) is 0 Å². The minimum Gasteiger partial charge on any atom is -0.481 e. The molecule has 0 spiro atoms. The van der Waals surface area contributed by atoms with Crippen LogP contribution in [0.3, 0.4) is 0 Å². The Morgan fingerprint density at radius 2 is 1.82 bits per heavy atom. The van der Waals surface area contributed by atoms with Crippen LogP contribution in [0.25, 0.3) is 0 Å². The third-order valence-corrected chi connectivity index (χ3v) is 1.63. The van der Waals surface area contributed by atoms with Crippen LogP contribution in [0, 0.1) is 0 Å². The van der Waals surface area contributed by atoms with Crippen molar-refractivity contribution in [2.24, 2.45) is 0 Å². The number of hydrogen-bond acceptors (Lipinski definition) is 1. The zero-order valence-corrected chi connectivity index (χ0v) is 7.18. The van der Waals surface area contributed by atoms with E-state index in [9.17, 15) is 4.79 Å². The first kappa shape index (κ1) is 8.57. The zero-order chi connectivity index (χ0) is 9.40. The van der Waals surface area contributed by atoms with Crippen LogP contribution in [-0.4, -0.2) is 11.1 Å². The molecule has 2 heteroatoms. The van der Waals surface area contributed by atoms with Gasteiger partial charge in [-0.15, -0.1) is 0 Å². The molecule has 0 aromatic heterocycles. The van der Waals surface area contributed by atoms with Gasteiger partial charge < -0.3 is 5.11 Å². The second-order valence-corrected chi connectivity index (χ2v) is 2.75. The number of hydrogen-bond donors (Lipinski definition) is 1.